The van der Waals surface area contributed by atoms with Crippen LogP contribution in [0.3, 0.4) is 0 Å². The number of hydrogen-bond acceptors (Lipinski definition) is 3. The molecule has 0 atom stereocenters. The minimum absolute atomic E-state index is 0.0220. The van der Waals surface area contributed by atoms with Crippen molar-refractivity contribution in [3.63, 3.8) is 0 Å². The van der Waals surface area contributed by atoms with Crippen molar-refractivity contribution < 1.29 is 14.8 Å². The number of rotatable bonds is 5. The van der Waals surface area contributed by atoms with Gasteiger partial charge in [-0.2, -0.15) is 0 Å². The number of hydrogen-bond donors (Lipinski definition) is 1. The summed E-state index contributed by atoms with van der Waals surface area (Å²) in [5, 5.41) is 17.9. The molecule has 0 saturated carbocycles. The predicted octanol–water partition coefficient (Wildman–Crippen LogP) is 0.684. The standard InChI is InChI=1S/C6H9NO4/c8-6(9)4-2-1-3-5-7(10)11/h1,3H,2,4-5H2,(H,8,9)/b3-1+. The van der Waals surface area contributed by atoms with Gasteiger partial charge in [-0.15, -0.1) is 0 Å². The highest BCUT2D eigenvalue weighted by Gasteiger charge is 1.92. The van der Waals surface area contributed by atoms with E-state index in [0.29, 0.717) is 6.42 Å². The van der Waals surface area contributed by atoms with Gasteiger partial charge in [0.25, 0.3) is 0 Å². The molecule has 0 saturated heterocycles. The molecule has 0 bridgehead atoms. The Hall–Kier alpha value is -1.39. The zero-order valence-electron chi connectivity index (χ0n) is 5.90. The largest absolute Gasteiger partial charge is 0.481 e. The van der Waals surface area contributed by atoms with Crippen LogP contribution in [0.4, 0.5) is 0 Å². The van der Waals surface area contributed by atoms with Crippen LogP contribution >= 0.6 is 0 Å². The zero-order valence-corrected chi connectivity index (χ0v) is 5.90. The van der Waals surface area contributed by atoms with E-state index in [4.69, 9.17) is 5.11 Å². The molecule has 0 amide bonds. The van der Waals surface area contributed by atoms with Gasteiger partial charge >= 0.3 is 5.97 Å². The molecule has 62 valence electrons. The molecule has 11 heavy (non-hydrogen) atoms. The second kappa shape index (κ2) is 5.40. The van der Waals surface area contributed by atoms with E-state index in [2.05, 4.69) is 0 Å². The molecule has 0 aromatic heterocycles. The van der Waals surface area contributed by atoms with E-state index in [0.717, 1.165) is 0 Å². The number of aliphatic carboxylic acids is 1. The topological polar surface area (TPSA) is 80.4 Å². The lowest BCUT2D eigenvalue weighted by atomic mass is 10.3. The summed E-state index contributed by atoms with van der Waals surface area (Å²) in [7, 11) is 0. The van der Waals surface area contributed by atoms with E-state index in [1.165, 1.54) is 12.2 Å². The summed E-state index contributed by atoms with van der Waals surface area (Å²) in [6, 6.07) is 0. The third kappa shape index (κ3) is 8.61. The lowest BCUT2D eigenvalue weighted by molar-refractivity contribution is -0.468. The minimum Gasteiger partial charge on any atom is -0.481 e. The fourth-order valence-corrected chi connectivity index (χ4v) is 0.485. The molecule has 5 heteroatoms. The van der Waals surface area contributed by atoms with Crippen LogP contribution in [0.15, 0.2) is 12.2 Å². The highest BCUT2D eigenvalue weighted by Crippen LogP contribution is 1.89. The first kappa shape index (κ1) is 9.61. The maximum atomic E-state index is 9.93. The van der Waals surface area contributed by atoms with Gasteiger partial charge < -0.3 is 5.11 Å². The van der Waals surface area contributed by atoms with Crippen LogP contribution in [0.5, 0.6) is 0 Å². The van der Waals surface area contributed by atoms with Crippen LogP contribution in [0.2, 0.25) is 0 Å². The van der Waals surface area contributed by atoms with E-state index in [9.17, 15) is 14.9 Å². The Kier molecular flexibility index (Phi) is 4.72. The molecule has 1 N–H and O–H groups in total. The summed E-state index contributed by atoms with van der Waals surface area (Å²) in [5.41, 5.74) is 0. The van der Waals surface area contributed by atoms with E-state index in [1.54, 1.807) is 0 Å². The third-order valence-electron chi connectivity index (χ3n) is 0.946. The normalized spacial score (nSPS) is 10.2. The first-order valence-corrected chi connectivity index (χ1v) is 3.11. The number of carboxylic acid groups (broad SMARTS) is 1. The van der Waals surface area contributed by atoms with Gasteiger partial charge in [0, 0.05) is 11.3 Å². The van der Waals surface area contributed by atoms with Gasteiger partial charge in [0.2, 0.25) is 6.54 Å². The average molecular weight is 159 g/mol. The smallest absolute Gasteiger partial charge is 0.303 e. The van der Waals surface area contributed by atoms with Crippen molar-refractivity contribution in [1.82, 2.24) is 0 Å². The van der Waals surface area contributed by atoms with Crippen molar-refractivity contribution in [1.29, 1.82) is 0 Å². The highest BCUT2D eigenvalue weighted by molar-refractivity contribution is 5.66. The van der Waals surface area contributed by atoms with Gasteiger partial charge in [-0.3, -0.25) is 14.9 Å². The monoisotopic (exact) mass is 159 g/mol. The fraction of sp³-hybridized carbons (Fsp3) is 0.500. The molecule has 0 aliphatic rings. The van der Waals surface area contributed by atoms with Crippen molar-refractivity contribution >= 4 is 5.97 Å². The van der Waals surface area contributed by atoms with Gasteiger partial charge in [-0.25, -0.2) is 0 Å². The molecule has 0 heterocycles. The van der Waals surface area contributed by atoms with Gasteiger partial charge in [0.1, 0.15) is 0 Å². The van der Waals surface area contributed by atoms with Gasteiger partial charge in [-0.1, -0.05) is 6.08 Å². The van der Waals surface area contributed by atoms with E-state index >= 15 is 0 Å². The van der Waals surface area contributed by atoms with Crippen LogP contribution in [0.1, 0.15) is 12.8 Å². The SMILES string of the molecule is O=C(O)CC/C=C/C[N+](=O)[O-]. The van der Waals surface area contributed by atoms with E-state index in [-0.39, 0.29) is 13.0 Å². The lowest BCUT2D eigenvalue weighted by Crippen LogP contribution is -1.96. The second-order valence-electron chi connectivity index (χ2n) is 1.92. The predicted molar refractivity (Wildman–Crippen MR) is 37.9 cm³/mol. The summed E-state index contributed by atoms with van der Waals surface area (Å²) in [6.45, 7) is -0.236. The molecular weight excluding hydrogens is 150 g/mol. The summed E-state index contributed by atoms with van der Waals surface area (Å²) < 4.78 is 0. The Labute approximate surface area is 63.5 Å². The molecular formula is C6H9NO4. The molecule has 0 fully saturated rings. The quantitative estimate of drug-likeness (QED) is 0.363. The average Bonchev–Trinajstić information content (AvgIpc) is 1.85. The molecule has 0 aromatic rings. The van der Waals surface area contributed by atoms with Crippen LogP contribution < -0.4 is 0 Å². The number of carbonyl (C=O) groups is 1. The third-order valence-corrected chi connectivity index (χ3v) is 0.946. The summed E-state index contributed by atoms with van der Waals surface area (Å²) in [6.07, 6.45) is 3.22. The molecule has 0 aliphatic heterocycles. The number of allylic oxidation sites excluding steroid dienone is 1. The number of nitrogens with zero attached hydrogens (tertiary/aromatic N) is 1. The molecule has 0 aliphatic carbocycles. The van der Waals surface area contributed by atoms with Crippen molar-refractivity contribution in [3.05, 3.63) is 22.3 Å². The summed E-state index contributed by atoms with van der Waals surface area (Å²) in [4.78, 5) is 19.2. The maximum absolute atomic E-state index is 9.93. The first-order valence-electron chi connectivity index (χ1n) is 3.11. The molecule has 5 nitrogen and oxygen atoms in total. The Balaban J connectivity index is 3.30. The first-order chi connectivity index (χ1) is 5.13. The lowest BCUT2D eigenvalue weighted by Gasteiger charge is -1.85. The molecule has 0 rings (SSSR count). The summed E-state index contributed by atoms with van der Waals surface area (Å²) >= 11 is 0. The molecule has 0 radical (unpaired) electrons. The van der Waals surface area contributed by atoms with Crippen molar-refractivity contribution in [2.45, 2.75) is 12.8 Å². The molecule has 0 unspecified atom stereocenters. The molecule has 0 aromatic carbocycles. The second-order valence-corrected chi connectivity index (χ2v) is 1.92. The summed E-state index contributed by atoms with van der Waals surface area (Å²) in [5.74, 6) is -0.893. The zero-order chi connectivity index (χ0) is 8.69. The Bertz CT molecular complexity index is 175. The Morgan fingerprint density at radius 3 is 2.64 bits per heavy atom. The van der Waals surface area contributed by atoms with Gasteiger partial charge in [0.15, 0.2) is 0 Å². The highest BCUT2D eigenvalue weighted by atomic mass is 16.6. The van der Waals surface area contributed by atoms with Crippen molar-refractivity contribution in [2.24, 2.45) is 0 Å². The Morgan fingerprint density at radius 1 is 1.55 bits per heavy atom. The van der Waals surface area contributed by atoms with Crippen LogP contribution in [0.25, 0.3) is 0 Å². The Morgan fingerprint density at radius 2 is 2.18 bits per heavy atom. The van der Waals surface area contributed by atoms with E-state index < -0.39 is 10.9 Å². The molecule has 0 spiro atoms. The van der Waals surface area contributed by atoms with Crippen molar-refractivity contribution in [2.75, 3.05) is 6.54 Å². The van der Waals surface area contributed by atoms with Crippen LogP contribution in [-0.4, -0.2) is 22.5 Å². The maximum Gasteiger partial charge on any atom is 0.303 e. The van der Waals surface area contributed by atoms with Crippen molar-refractivity contribution in [3.8, 4) is 0 Å². The fourth-order valence-electron chi connectivity index (χ4n) is 0.485. The van der Waals surface area contributed by atoms with Crippen LogP contribution in [0, 0.1) is 10.1 Å². The van der Waals surface area contributed by atoms with E-state index in [1.807, 2.05) is 0 Å². The van der Waals surface area contributed by atoms with Gasteiger partial charge in [-0.05, 0) is 12.5 Å². The van der Waals surface area contributed by atoms with Gasteiger partial charge in [0.05, 0.1) is 0 Å². The minimum atomic E-state index is -0.893. The number of carboxylic acids is 1. The number of nitro groups is 1. The van der Waals surface area contributed by atoms with Crippen LogP contribution in [-0.2, 0) is 4.79 Å².